The van der Waals surface area contributed by atoms with Gasteiger partial charge in [0.2, 0.25) is 5.91 Å². The van der Waals surface area contributed by atoms with E-state index in [2.05, 4.69) is 74.2 Å². The number of imidazole rings is 1. The van der Waals surface area contributed by atoms with E-state index in [1.807, 2.05) is 6.92 Å². The number of carbonyl (C=O) groups is 1. The second-order valence-corrected chi connectivity index (χ2v) is 8.93. The van der Waals surface area contributed by atoms with Crippen LogP contribution >= 0.6 is 0 Å². The van der Waals surface area contributed by atoms with Gasteiger partial charge in [0.1, 0.15) is 5.65 Å². The van der Waals surface area contributed by atoms with Gasteiger partial charge in [-0.25, -0.2) is 4.98 Å². The van der Waals surface area contributed by atoms with E-state index in [9.17, 15) is 4.79 Å². The lowest BCUT2D eigenvalue weighted by molar-refractivity contribution is -0.122. The number of nitrogens with zero attached hydrogens (tertiary/aromatic N) is 3. The van der Waals surface area contributed by atoms with Crippen LogP contribution in [0.3, 0.4) is 0 Å². The van der Waals surface area contributed by atoms with Crippen LogP contribution in [0.2, 0.25) is 0 Å². The Bertz CT molecular complexity index is 1280. The molecule has 0 aliphatic carbocycles. The highest BCUT2D eigenvalue weighted by Crippen LogP contribution is 2.35. The minimum Gasteiger partial charge on any atom is -0.358 e. The van der Waals surface area contributed by atoms with Crippen molar-refractivity contribution in [1.82, 2.24) is 24.6 Å². The molecule has 0 unspecified atom stereocenters. The second kappa shape index (κ2) is 8.43. The number of nitrogens with one attached hydrogen (secondary N) is 2. The molecule has 1 fully saturated rings. The first-order chi connectivity index (χ1) is 15.6. The molecule has 1 aromatic carbocycles. The zero-order chi connectivity index (χ0) is 22.2. The number of benzene rings is 1. The molecular weight excluding hydrogens is 398 g/mol. The van der Waals surface area contributed by atoms with Crippen LogP contribution in [0.5, 0.6) is 0 Å². The number of likely N-dealkylation sites (N-methyl/N-ethyl adjacent to an activating group) is 1. The standard InChI is InChI=1S/C26H31N5O/c1-4-21-22-13-19(18-9-11-30(12-10-18)16-25(32)27-3)5-7-23(22)29-26(21)20-6-8-24-28-17(2)14-31(24)15-20/h5-8,13-15,18,29H,4,9-12,16H2,1-3H3,(H,27,32). The van der Waals surface area contributed by atoms with Gasteiger partial charge in [0.15, 0.2) is 0 Å². The number of rotatable bonds is 5. The maximum atomic E-state index is 11.7. The molecule has 0 radical (unpaired) electrons. The van der Waals surface area contributed by atoms with E-state index in [0.717, 1.165) is 43.7 Å². The van der Waals surface area contributed by atoms with Crippen molar-refractivity contribution in [1.29, 1.82) is 0 Å². The summed E-state index contributed by atoms with van der Waals surface area (Å²) in [5, 5.41) is 4.05. The smallest absolute Gasteiger partial charge is 0.233 e. The summed E-state index contributed by atoms with van der Waals surface area (Å²) in [5.41, 5.74) is 8.37. The molecule has 1 amide bonds. The summed E-state index contributed by atoms with van der Waals surface area (Å²) >= 11 is 0. The van der Waals surface area contributed by atoms with Crippen LogP contribution in [0, 0.1) is 6.92 Å². The van der Waals surface area contributed by atoms with E-state index >= 15 is 0 Å². The van der Waals surface area contributed by atoms with Crippen molar-refractivity contribution in [3.8, 4) is 11.3 Å². The summed E-state index contributed by atoms with van der Waals surface area (Å²) in [6.07, 6.45) is 7.41. The minimum absolute atomic E-state index is 0.0985. The van der Waals surface area contributed by atoms with Crippen LogP contribution in [-0.2, 0) is 11.2 Å². The third-order valence-electron chi connectivity index (χ3n) is 6.85. The summed E-state index contributed by atoms with van der Waals surface area (Å²) in [4.78, 5) is 22.2. The number of likely N-dealkylation sites (tertiary alicyclic amines) is 1. The predicted octanol–water partition coefficient (Wildman–Crippen LogP) is 4.28. The van der Waals surface area contributed by atoms with Crippen molar-refractivity contribution < 1.29 is 4.79 Å². The number of hydrogen-bond donors (Lipinski definition) is 2. The van der Waals surface area contributed by atoms with Gasteiger partial charge < -0.3 is 14.7 Å². The van der Waals surface area contributed by atoms with Crippen LogP contribution < -0.4 is 5.32 Å². The van der Waals surface area contributed by atoms with Gasteiger partial charge >= 0.3 is 0 Å². The van der Waals surface area contributed by atoms with Gasteiger partial charge in [-0.3, -0.25) is 9.69 Å². The molecule has 32 heavy (non-hydrogen) atoms. The van der Waals surface area contributed by atoms with E-state index < -0.39 is 0 Å². The molecular formula is C26H31N5O. The van der Waals surface area contributed by atoms with Crippen molar-refractivity contribution in [2.45, 2.75) is 39.0 Å². The van der Waals surface area contributed by atoms with E-state index in [1.54, 1.807) is 7.05 Å². The largest absolute Gasteiger partial charge is 0.358 e. The molecule has 4 aromatic rings. The summed E-state index contributed by atoms with van der Waals surface area (Å²) in [7, 11) is 1.70. The fourth-order valence-electron chi connectivity index (χ4n) is 5.11. The lowest BCUT2D eigenvalue weighted by atomic mass is 9.88. The number of aromatic nitrogens is 3. The zero-order valence-electron chi connectivity index (χ0n) is 19.1. The Labute approximate surface area is 188 Å². The van der Waals surface area contributed by atoms with Gasteiger partial charge in [-0.2, -0.15) is 0 Å². The Balaban J connectivity index is 1.43. The number of amides is 1. The maximum Gasteiger partial charge on any atom is 0.233 e. The zero-order valence-corrected chi connectivity index (χ0v) is 19.1. The fraction of sp³-hybridized carbons (Fsp3) is 0.385. The average molecular weight is 430 g/mol. The number of aryl methyl sites for hydroxylation is 2. The van der Waals surface area contributed by atoms with E-state index in [4.69, 9.17) is 0 Å². The van der Waals surface area contributed by atoms with Crippen LogP contribution in [-0.4, -0.2) is 51.9 Å². The number of carbonyl (C=O) groups excluding carboxylic acids is 1. The molecule has 0 saturated carbocycles. The van der Waals surface area contributed by atoms with Gasteiger partial charge in [0, 0.05) is 35.9 Å². The van der Waals surface area contributed by atoms with Crippen LogP contribution in [0.15, 0.2) is 42.7 Å². The van der Waals surface area contributed by atoms with E-state index in [0.29, 0.717) is 12.5 Å². The Hall–Kier alpha value is -3.12. The lowest BCUT2D eigenvalue weighted by Gasteiger charge is -2.31. The first-order valence-corrected chi connectivity index (χ1v) is 11.6. The SMILES string of the molecule is CCc1c(-c2ccc3nc(C)cn3c2)[nH]c2ccc(C3CCN(CC(=O)NC)CC3)cc12. The molecule has 1 aliphatic rings. The van der Waals surface area contributed by atoms with Gasteiger partial charge in [-0.05, 0) is 80.6 Å². The molecule has 0 bridgehead atoms. The highest BCUT2D eigenvalue weighted by Gasteiger charge is 2.23. The highest BCUT2D eigenvalue weighted by molar-refractivity contribution is 5.91. The number of fused-ring (bicyclic) bond motifs is 2. The lowest BCUT2D eigenvalue weighted by Crippen LogP contribution is -2.40. The fourth-order valence-corrected chi connectivity index (χ4v) is 5.11. The molecule has 2 N–H and O–H groups in total. The predicted molar refractivity (Wildman–Crippen MR) is 129 cm³/mol. The molecule has 166 valence electrons. The molecule has 1 saturated heterocycles. The van der Waals surface area contributed by atoms with Crippen molar-refractivity contribution in [3.05, 3.63) is 59.5 Å². The minimum atomic E-state index is 0.0985. The molecule has 1 aliphatic heterocycles. The molecule has 6 heteroatoms. The van der Waals surface area contributed by atoms with E-state index in [1.165, 1.54) is 33.3 Å². The van der Waals surface area contributed by atoms with Crippen molar-refractivity contribution >= 4 is 22.5 Å². The van der Waals surface area contributed by atoms with Crippen molar-refractivity contribution in [2.75, 3.05) is 26.7 Å². The molecule has 3 aromatic heterocycles. The quantitative estimate of drug-likeness (QED) is 0.498. The monoisotopic (exact) mass is 429 g/mol. The average Bonchev–Trinajstić information content (AvgIpc) is 3.37. The molecule has 0 atom stereocenters. The van der Waals surface area contributed by atoms with Gasteiger partial charge in [0.25, 0.3) is 0 Å². The Morgan fingerprint density at radius 3 is 2.75 bits per heavy atom. The topological polar surface area (TPSA) is 65.4 Å². The second-order valence-electron chi connectivity index (χ2n) is 8.93. The van der Waals surface area contributed by atoms with Gasteiger partial charge in [-0.15, -0.1) is 0 Å². The first kappa shape index (κ1) is 20.8. The molecule has 4 heterocycles. The van der Waals surface area contributed by atoms with Crippen LogP contribution in [0.1, 0.15) is 42.5 Å². The van der Waals surface area contributed by atoms with Crippen LogP contribution in [0.25, 0.3) is 27.8 Å². The molecule has 6 nitrogen and oxygen atoms in total. The molecule has 5 rings (SSSR count). The Kier molecular flexibility index (Phi) is 5.47. The number of aromatic amines is 1. The Morgan fingerprint density at radius 2 is 2.00 bits per heavy atom. The first-order valence-electron chi connectivity index (χ1n) is 11.6. The Morgan fingerprint density at radius 1 is 1.19 bits per heavy atom. The summed E-state index contributed by atoms with van der Waals surface area (Å²) in [5.74, 6) is 0.648. The van der Waals surface area contributed by atoms with Crippen molar-refractivity contribution in [3.63, 3.8) is 0 Å². The van der Waals surface area contributed by atoms with Gasteiger partial charge in [0.05, 0.1) is 17.9 Å². The third-order valence-corrected chi connectivity index (χ3v) is 6.85. The summed E-state index contributed by atoms with van der Waals surface area (Å²) in [6.45, 7) is 6.71. The van der Waals surface area contributed by atoms with E-state index in [-0.39, 0.29) is 5.91 Å². The third kappa shape index (κ3) is 3.79. The van der Waals surface area contributed by atoms with Gasteiger partial charge in [-0.1, -0.05) is 13.0 Å². The highest BCUT2D eigenvalue weighted by atomic mass is 16.1. The maximum absolute atomic E-state index is 11.7. The summed E-state index contributed by atoms with van der Waals surface area (Å²) < 4.78 is 2.10. The number of pyridine rings is 1. The number of hydrogen-bond acceptors (Lipinski definition) is 3. The summed E-state index contributed by atoms with van der Waals surface area (Å²) in [6, 6.07) is 11.2. The van der Waals surface area contributed by atoms with Crippen LogP contribution in [0.4, 0.5) is 0 Å². The number of H-pyrrole nitrogens is 1. The normalized spacial score (nSPS) is 15.6. The molecule has 0 spiro atoms. The number of piperidine rings is 1. The van der Waals surface area contributed by atoms with Crippen molar-refractivity contribution in [2.24, 2.45) is 0 Å².